The number of nitrogens with two attached hydrogens (primary N) is 1. The van der Waals surface area contributed by atoms with Crippen molar-refractivity contribution in [2.45, 2.75) is 11.8 Å². The fourth-order valence-corrected chi connectivity index (χ4v) is 6.81. The molecular weight excluding hydrogens is 618 g/mol. The molecule has 0 bridgehead atoms. The minimum absolute atomic E-state index is 0.0552. The molecule has 2 amide bonds. The van der Waals surface area contributed by atoms with Crippen molar-refractivity contribution in [3.05, 3.63) is 138 Å². The molecule has 5 aromatic carbocycles. The summed E-state index contributed by atoms with van der Waals surface area (Å²) < 4.78 is 17.4. The number of nitrogens with zero attached hydrogens (tertiary/aromatic N) is 1. The Morgan fingerprint density at radius 2 is 1.16 bits per heavy atom. The number of hydrogen-bond donors (Lipinski definition) is 3. The molecule has 0 aromatic heterocycles. The summed E-state index contributed by atoms with van der Waals surface area (Å²) in [5.74, 6) is 0.181. The summed E-state index contributed by atoms with van der Waals surface area (Å²) in [5, 5.41) is 12.7. The summed E-state index contributed by atoms with van der Waals surface area (Å²) in [5.41, 5.74) is 15.0. The lowest BCUT2D eigenvalue weighted by Gasteiger charge is -2.24. The third-order valence-electron chi connectivity index (χ3n) is 9.22. The van der Waals surface area contributed by atoms with Gasteiger partial charge in [-0.15, -0.1) is 0 Å². The van der Waals surface area contributed by atoms with Gasteiger partial charge in [0, 0.05) is 31.0 Å². The number of phenols is 1. The first-order valence-corrected chi connectivity index (χ1v) is 16.4. The number of amides is 2. The Hall–Kier alpha value is -5.96. The van der Waals surface area contributed by atoms with E-state index in [0.29, 0.717) is 5.75 Å². The summed E-state index contributed by atoms with van der Waals surface area (Å²) in [6.07, 6.45) is -1.09. The smallest absolute Gasteiger partial charge is 0.409 e. The molecule has 0 fully saturated rings. The molecule has 248 valence electrons. The van der Waals surface area contributed by atoms with Crippen molar-refractivity contribution in [2.75, 3.05) is 45.2 Å². The van der Waals surface area contributed by atoms with Gasteiger partial charge < -0.3 is 35.3 Å². The third kappa shape index (κ3) is 6.60. The van der Waals surface area contributed by atoms with E-state index in [-0.39, 0.29) is 62.7 Å². The van der Waals surface area contributed by atoms with Crippen LogP contribution in [0.1, 0.15) is 34.1 Å². The van der Waals surface area contributed by atoms with Gasteiger partial charge in [0.1, 0.15) is 31.3 Å². The van der Waals surface area contributed by atoms with E-state index in [0.717, 1.165) is 44.5 Å². The van der Waals surface area contributed by atoms with Gasteiger partial charge in [-0.25, -0.2) is 9.59 Å². The molecule has 7 rings (SSSR count). The van der Waals surface area contributed by atoms with E-state index in [1.807, 2.05) is 48.5 Å². The number of fused-ring (bicyclic) bond motifs is 6. The van der Waals surface area contributed by atoms with Crippen LogP contribution in [-0.2, 0) is 9.47 Å². The molecule has 0 unspecified atom stereocenters. The molecule has 9 nitrogen and oxygen atoms in total. The molecule has 9 heteroatoms. The highest BCUT2D eigenvalue weighted by Crippen LogP contribution is 2.45. The first kappa shape index (κ1) is 31.6. The van der Waals surface area contributed by atoms with E-state index < -0.39 is 12.2 Å². The fourth-order valence-electron chi connectivity index (χ4n) is 6.81. The Bertz CT molecular complexity index is 1900. The lowest BCUT2D eigenvalue weighted by molar-refractivity contribution is 0.0928. The van der Waals surface area contributed by atoms with Crippen molar-refractivity contribution in [3.63, 3.8) is 0 Å². The zero-order chi connectivity index (χ0) is 33.7. The SMILES string of the molecule is Nc1ccc(OCCN(CCNC(=O)OCC2c3ccccc3-c3ccccc32)C(=O)OCC2c3ccccc3-c3ccccc32)cc1O. The zero-order valence-electron chi connectivity index (χ0n) is 26.9. The van der Waals surface area contributed by atoms with Gasteiger partial charge >= 0.3 is 12.2 Å². The monoisotopic (exact) mass is 655 g/mol. The standard InChI is InChI=1S/C40H37N3O6/c41-37-18-17-26(23-38(37)44)47-22-21-43(40(46)49-25-36-33-15-7-3-11-29(33)30-12-4-8-16-34(30)36)20-19-42-39(45)48-24-35-31-13-5-1-9-27(31)28-10-2-6-14-32(28)35/h1-18,23,35-36,44H,19-22,24-25,41H2,(H,42,45). The Morgan fingerprint density at radius 1 is 0.673 bits per heavy atom. The van der Waals surface area contributed by atoms with Gasteiger partial charge in [0.2, 0.25) is 0 Å². The molecule has 4 N–H and O–H groups in total. The number of alkyl carbamates (subject to hydrolysis) is 1. The fraction of sp³-hybridized carbons (Fsp3) is 0.200. The van der Waals surface area contributed by atoms with Gasteiger partial charge in [-0.1, -0.05) is 97.1 Å². The highest BCUT2D eigenvalue weighted by atomic mass is 16.6. The number of carbonyl (C=O) groups excluding carboxylic acids is 2. The maximum Gasteiger partial charge on any atom is 0.409 e. The van der Waals surface area contributed by atoms with Crippen LogP contribution >= 0.6 is 0 Å². The Labute approximate surface area is 284 Å². The molecule has 0 spiro atoms. The van der Waals surface area contributed by atoms with Gasteiger partial charge in [0.25, 0.3) is 0 Å². The number of rotatable bonds is 11. The highest BCUT2D eigenvalue weighted by Gasteiger charge is 2.31. The maximum absolute atomic E-state index is 13.5. The Kier molecular flexibility index (Phi) is 9.06. The van der Waals surface area contributed by atoms with Crippen LogP contribution in [0.5, 0.6) is 11.5 Å². The molecule has 2 aliphatic rings. The molecule has 0 aliphatic heterocycles. The van der Waals surface area contributed by atoms with Crippen molar-refractivity contribution in [3.8, 4) is 33.8 Å². The predicted octanol–water partition coefficient (Wildman–Crippen LogP) is 7.14. The summed E-state index contributed by atoms with van der Waals surface area (Å²) in [6, 6.07) is 37.3. The van der Waals surface area contributed by atoms with Gasteiger partial charge in [0.05, 0.1) is 12.2 Å². The van der Waals surface area contributed by atoms with Crippen LogP contribution < -0.4 is 15.8 Å². The number of nitrogens with one attached hydrogen (secondary N) is 1. The summed E-state index contributed by atoms with van der Waals surface area (Å²) in [4.78, 5) is 27.9. The number of nitrogen functional groups attached to an aromatic ring is 1. The molecule has 0 radical (unpaired) electrons. The van der Waals surface area contributed by atoms with E-state index in [1.165, 1.54) is 11.0 Å². The van der Waals surface area contributed by atoms with E-state index in [4.69, 9.17) is 19.9 Å². The number of phenolic OH excluding ortho intramolecular Hbond substituents is 1. The minimum Gasteiger partial charge on any atom is -0.506 e. The molecule has 0 saturated heterocycles. The van der Waals surface area contributed by atoms with Crippen molar-refractivity contribution in [1.82, 2.24) is 10.2 Å². The van der Waals surface area contributed by atoms with Crippen LogP contribution in [0.4, 0.5) is 15.3 Å². The minimum atomic E-state index is -0.567. The Morgan fingerprint density at radius 3 is 1.67 bits per heavy atom. The lowest BCUT2D eigenvalue weighted by atomic mass is 9.98. The van der Waals surface area contributed by atoms with Crippen molar-refractivity contribution in [1.29, 1.82) is 0 Å². The third-order valence-corrected chi connectivity index (χ3v) is 9.22. The number of benzene rings is 5. The molecule has 0 heterocycles. The topological polar surface area (TPSA) is 123 Å². The highest BCUT2D eigenvalue weighted by molar-refractivity contribution is 5.80. The lowest BCUT2D eigenvalue weighted by Crippen LogP contribution is -2.41. The van der Waals surface area contributed by atoms with Crippen LogP contribution in [0.2, 0.25) is 0 Å². The maximum atomic E-state index is 13.5. The molecule has 2 aliphatic carbocycles. The molecular formula is C40H37N3O6. The second-order valence-electron chi connectivity index (χ2n) is 12.1. The number of aromatic hydroxyl groups is 1. The number of ether oxygens (including phenoxy) is 3. The average molecular weight is 656 g/mol. The molecule has 0 saturated carbocycles. The van der Waals surface area contributed by atoms with E-state index in [1.54, 1.807) is 12.1 Å². The van der Waals surface area contributed by atoms with Crippen molar-refractivity contribution in [2.24, 2.45) is 0 Å². The first-order valence-electron chi connectivity index (χ1n) is 16.4. The van der Waals surface area contributed by atoms with E-state index >= 15 is 0 Å². The van der Waals surface area contributed by atoms with Gasteiger partial charge in [0.15, 0.2) is 0 Å². The van der Waals surface area contributed by atoms with Gasteiger partial charge in [-0.2, -0.15) is 0 Å². The quantitative estimate of drug-likeness (QED) is 0.102. The van der Waals surface area contributed by atoms with Crippen LogP contribution in [0.15, 0.2) is 115 Å². The summed E-state index contributed by atoms with van der Waals surface area (Å²) in [6.45, 7) is 0.960. The van der Waals surface area contributed by atoms with Gasteiger partial charge in [-0.3, -0.25) is 0 Å². The van der Waals surface area contributed by atoms with E-state index in [2.05, 4.69) is 53.8 Å². The predicted molar refractivity (Wildman–Crippen MR) is 188 cm³/mol. The average Bonchev–Trinajstić information content (AvgIpc) is 3.63. The van der Waals surface area contributed by atoms with E-state index in [9.17, 15) is 14.7 Å². The van der Waals surface area contributed by atoms with Crippen molar-refractivity contribution >= 4 is 17.9 Å². The number of anilines is 1. The first-order chi connectivity index (χ1) is 24.0. The Balaban J connectivity index is 0.973. The second-order valence-corrected chi connectivity index (χ2v) is 12.1. The van der Waals surface area contributed by atoms with Crippen LogP contribution in [0, 0.1) is 0 Å². The molecule has 49 heavy (non-hydrogen) atoms. The second kappa shape index (κ2) is 14.0. The van der Waals surface area contributed by atoms with Crippen molar-refractivity contribution < 1.29 is 28.9 Å². The van der Waals surface area contributed by atoms with Gasteiger partial charge in [-0.05, 0) is 56.6 Å². The molecule has 0 atom stereocenters. The number of hydrogen-bond acceptors (Lipinski definition) is 7. The summed E-state index contributed by atoms with van der Waals surface area (Å²) >= 11 is 0. The molecule has 5 aromatic rings. The summed E-state index contributed by atoms with van der Waals surface area (Å²) in [7, 11) is 0. The zero-order valence-corrected chi connectivity index (χ0v) is 26.9. The van der Waals surface area contributed by atoms with Crippen LogP contribution in [0.3, 0.4) is 0 Å². The van der Waals surface area contributed by atoms with Crippen LogP contribution in [-0.4, -0.2) is 61.6 Å². The normalized spacial score (nSPS) is 12.7. The largest absolute Gasteiger partial charge is 0.506 e. The number of carbonyl (C=O) groups is 2. The van der Waals surface area contributed by atoms with Crippen LogP contribution in [0.25, 0.3) is 22.3 Å².